The highest BCUT2D eigenvalue weighted by Crippen LogP contribution is 2.36. The number of fused-ring (bicyclic) bond motifs is 1. The van der Waals surface area contributed by atoms with E-state index in [2.05, 4.69) is 25.3 Å². The van der Waals surface area contributed by atoms with E-state index in [0.29, 0.717) is 13.0 Å². The van der Waals surface area contributed by atoms with Gasteiger partial charge >= 0.3 is 6.18 Å². The quantitative estimate of drug-likeness (QED) is 0.319. The van der Waals surface area contributed by atoms with Gasteiger partial charge in [-0.05, 0) is 12.5 Å². The summed E-state index contributed by atoms with van der Waals surface area (Å²) in [7, 11) is 1.55. The third kappa shape index (κ3) is 5.10. The second kappa shape index (κ2) is 10.4. The zero-order chi connectivity index (χ0) is 27.9. The van der Waals surface area contributed by atoms with Gasteiger partial charge in [-0.2, -0.15) is 18.2 Å². The molecule has 1 unspecified atom stereocenters. The van der Waals surface area contributed by atoms with Crippen molar-refractivity contribution in [3.8, 4) is 5.75 Å². The standard InChI is InChI=1S/C23H19Cl2F3N8O3/c1-35-18-16(24)15(39-14(7-29)17-19(25)31-4-3-30-17)8-32-20(18)34-22(35)33-13-6-11(23(26,27)28)9-36(21(13)37)12-2-5-38-10-12/h3-4,6-9,12H,2,5,10,29H2,1H3,(H,32,33,34)/b14-7+. The van der Waals surface area contributed by atoms with E-state index < -0.39 is 23.3 Å². The molecule has 1 saturated heterocycles. The van der Waals surface area contributed by atoms with Gasteiger partial charge in [0.2, 0.25) is 5.95 Å². The molecular weight excluding hydrogens is 564 g/mol. The summed E-state index contributed by atoms with van der Waals surface area (Å²) in [5.41, 5.74) is 4.30. The third-order valence-electron chi connectivity index (χ3n) is 5.98. The van der Waals surface area contributed by atoms with Crippen LogP contribution in [0.25, 0.3) is 16.9 Å². The minimum Gasteiger partial charge on any atom is -0.450 e. The van der Waals surface area contributed by atoms with Gasteiger partial charge in [0.25, 0.3) is 5.56 Å². The maximum Gasteiger partial charge on any atom is 0.417 e. The SMILES string of the molecule is Cn1c(Nc2cc(C(F)(F)F)cn(C3CCOC3)c2=O)nc2ncc(O/C(=C/N)c3nccnc3Cl)c(Cl)c21. The van der Waals surface area contributed by atoms with Crippen LogP contribution in [-0.2, 0) is 18.0 Å². The van der Waals surface area contributed by atoms with Crippen molar-refractivity contribution in [1.29, 1.82) is 0 Å². The van der Waals surface area contributed by atoms with Gasteiger partial charge in [0.15, 0.2) is 22.3 Å². The Balaban J connectivity index is 1.53. The lowest BCUT2D eigenvalue weighted by Crippen LogP contribution is -2.28. The molecule has 0 spiro atoms. The van der Waals surface area contributed by atoms with E-state index in [9.17, 15) is 18.0 Å². The van der Waals surface area contributed by atoms with Gasteiger partial charge in [0.1, 0.15) is 21.9 Å². The number of nitrogens with one attached hydrogen (secondary N) is 1. The number of aromatic nitrogens is 6. The number of aryl methyl sites for hydroxylation is 1. The summed E-state index contributed by atoms with van der Waals surface area (Å²) < 4.78 is 54.5. The molecule has 11 nitrogen and oxygen atoms in total. The minimum absolute atomic E-state index is 0.0220. The predicted octanol–water partition coefficient (Wildman–Crippen LogP) is 4.29. The maximum absolute atomic E-state index is 13.7. The summed E-state index contributed by atoms with van der Waals surface area (Å²) in [5.74, 6) is 0.144. The van der Waals surface area contributed by atoms with E-state index in [1.807, 2.05) is 0 Å². The summed E-state index contributed by atoms with van der Waals surface area (Å²) in [6.07, 6.45) is 1.73. The van der Waals surface area contributed by atoms with Crippen LogP contribution in [0.4, 0.5) is 24.8 Å². The summed E-state index contributed by atoms with van der Waals surface area (Å²) in [6.45, 7) is 0.480. The fourth-order valence-electron chi connectivity index (χ4n) is 4.04. The molecule has 1 aliphatic rings. The molecule has 1 atom stereocenters. The number of halogens is 5. The highest BCUT2D eigenvalue weighted by Gasteiger charge is 2.34. The minimum atomic E-state index is -4.69. The second-order valence-corrected chi connectivity index (χ2v) is 9.16. The van der Waals surface area contributed by atoms with Crippen LogP contribution in [-0.4, -0.2) is 42.3 Å². The molecule has 0 bridgehead atoms. The molecule has 3 N–H and O–H groups in total. The zero-order valence-electron chi connectivity index (χ0n) is 20.0. The molecule has 4 aromatic rings. The molecule has 0 aliphatic carbocycles. The van der Waals surface area contributed by atoms with Gasteiger partial charge in [0.05, 0.1) is 24.4 Å². The van der Waals surface area contributed by atoms with Gasteiger partial charge in [-0.15, -0.1) is 0 Å². The van der Waals surface area contributed by atoms with Crippen molar-refractivity contribution in [3.05, 3.63) is 68.8 Å². The monoisotopic (exact) mass is 582 g/mol. The van der Waals surface area contributed by atoms with Gasteiger partial charge in [-0.3, -0.25) is 4.79 Å². The van der Waals surface area contributed by atoms with Crippen molar-refractivity contribution < 1.29 is 22.6 Å². The highest BCUT2D eigenvalue weighted by molar-refractivity contribution is 6.36. The zero-order valence-corrected chi connectivity index (χ0v) is 21.5. The van der Waals surface area contributed by atoms with Crippen LogP contribution >= 0.6 is 23.2 Å². The van der Waals surface area contributed by atoms with Gasteiger partial charge in [-0.1, -0.05) is 23.2 Å². The first-order valence-electron chi connectivity index (χ1n) is 11.3. The first kappa shape index (κ1) is 26.7. The Kier molecular flexibility index (Phi) is 7.09. The van der Waals surface area contributed by atoms with Crippen LogP contribution in [0, 0.1) is 0 Å². The van der Waals surface area contributed by atoms with Crippen LogP contribution in [0.15, 0.2) is 41.8 Å². The number of hydrogen-bond acceptors (Lipinski definition) is 9. The molecular formula is C23H19Cl2F3N8O3. The molecule has 39 heavy (non-hydrogen) atoms. The predicted molar refractivity (Wildman–Crippen MR) is 137 cm³/mol. The molecule has 204 valence electrons. The molecule has 5 rings (SSSR count). The fraction of sp³-hybridized carbons (Fsp3) is 0.261. The van der Waals surface area contributed by atoms with Crippen molar-refractivity contribution >= 4 is 51.8 Å². The van der Waals surface area contributed by atoms with E-state index in [4.69, 9.17) is 38.4 Å². The Hall–Kier alpha value is -3.88. The summed E-state index contributed by atoms with van der Waals surface area (Å²) in [4.78, 5) is 29.7. The molecule has 1 aliphatic heterocycles. The number of ether oxygens (including phenoxy) is 2. The van der Waals surface area contributed by atoms with Crippen LogP contribution in [0.5, 0.6) is 5.75 Å². The van der Waals surface area contributed by atoms with Crippen LogP contribution < -0.4 is 21.3 Å². The first-order chi connectivity index (χ1) is 18.6. The van der Waals surface area contributed by atoms with Crippen LogP contribution in [0.1, 0.15) is 23.7 Å². The number of pyridine rings is 2. The summed E-state index contributed by atoms with van der Waals surface area (Å²) in [6, 6.07) is 0.213. The molecule has 5 heterocycles. The van der Waals surface area contributed by atoms with Crippen LogP contribution in [0.3, 0.4) is 0 Å². The van der Waals surface area contributed by atoms with E-state index in [0.717, 1.165) is 23.0 Å². The summed E-state index contributed by atoms with van der Waals surface area (Å²) >= 11 is 12.7. The topological polar surface area (TPSA) is 135 Å². The lowest BCUT2D eigenvalue weighted by atomic mass is 10.2. The molecule has 4 aromatic heterocycles. The Morgan fingerprint density at radius 1 is 1.28 bits per heavy atom. The normalized spacial score (nSPS) is 16.2. The second-order valence-electron chi connectivity index (χ2n) is 8.43. The number of nitrogens with zero attached hydrogens (tertiary/aromatic N) is 6. The highest BCUT2D eigenvalue weighted by atomic mass is 35.5. The Morgan fingerprint density at radius 2 is 2.05 bits per heavy atom. The van der Waals surface area contributed by atoms with E-state index >= 15 is 0 Å². The fourth-order valence-corrected chi connectivity index (χ4v) is 4.54. The van der Waals surface area contributed by atoms with Crippen LogP contribution in [0.2, 0.25) is 10.2 Å². The number of nitrogens with two attached hydrogens (primary N) is 1. The number of rotatable bonds is 6. The van der Waals surface area contributed by atoms with Gasteiger partial charge in [0, 0.05) is 38.4 Å². The largest absolute Gasteiger partial charge is 0.450 e. The maximum atomic E-state index is 13.7. The van der Waals surface area contributed by atoms with Crippen molar-refractivity contribution in [3.63, 3.8) is 0 Å². The molecule has 0 saturated carbocycles. The molecule has 0 radical (unpaired) electrons. The van der Waals surface area contributed by atoms with E-state index in [-0.39, 0.29) is 56.8 Å². The smallest absolute Gasteiger partial charge is 0.417 e. The molecule has 0 amide bonds. The third-order valence-corrected chi connectivity index (χ3v) is 6.62. The average molecular weight is 583 g/mol. The first-order valence-corrected chi connectivity index (χ1v) is 12.1. The van der Waals surface area contributed by atoms with Gasteiger partial charge < -0.3 is 29.7 Å². The Bertz CT molecular complexity index is 1650. The number of imidazole rings is 1. The number of alkyl halides is 3. The van der Waals surface area contributed by atoms with Crippen molar-refractivity contribution in [2.24, 2.45) is 12.8 Å². The van der Waals surface area contributed by atoms with Crippen molar-refractivity contribution in [2.45, 2.75) is 18.6 Å². The molecule has 0 aromatic carbocycles. The average Bonchev–Trinajstić information content (AvgIpc) is 3.54. The Morgan fingerprint density at radius 3 is 2.72 bits per heavy atom. The van der Waals surface area contributed by atoms with Gasteiger partial charge in [-0.25, -0.2) is 15.0 Å². The number of hydrogen-bond donors (Lipinski definition) is 2. The van der Waals surface area contributed by atoms with Crippen molar-refractivity contribution in [2.75, 3.05) is 18.5 Å². The Labute approximate surface area is 228 Å². The lowest BCUT2D eigenvalue weighted by molar-refractivity contribution is -0.138. The molecule has 1 fully saturated rings. The molecule has 16 heteroatoms. The summed E-state index contributed by atoms with van der Waals surface area (Å²) in [5, 5.41) is 2.82. The van der Waals surface area contributed by atoms with E-state index in [1.54, 1.807) is 7.05 Å². The van der Waals surface area contributed by atoms with Crippen molar-refractivity contribution in [1.82, 2.24) is 29.1 Å². The van der Waals surface area contributed by atoms with E-state index in [1.165, 1.54) is 23.2 Å². The number of anilines is 2. The lowest BCUT2D eigenvalue weighted by Gasteiger charge is -2.18.